The molecule has 0 radical (unpaired) electrons. The summed E-state index contributed by atoms with van der Waals surface area (Å²) < 4.78 is 0. The van der Waals surface area contributed by atoms with Crippen molar-refractivity contribution in [3.8, 4) is 0 Å². The van der Waals surface area contributed by atoms with E-state index in [-0.39, 0.29) is 0 Å². The first-order valence-electron chi connectivity index (χ1n) is 5.40. The van der Waals surface area contributed by atoms with Crippen LogP contribution in [0.4, 0.5) is 0 Å². The van der Waals surface area contributed by atoms with Gasteiger partial charge in [0.2, 0.25) is 0 Å². The maximum Gasteiger partial charge on any atom is 0.138 e. The lowest BCUT2D eigenvalue weighted by atomic mass is 10.1. The van der Waals surface area contributed by atoms with Gasteiger partial charge in [-0.3, -0.25) is 0 Å². The molecular formula is C14H18S2+2. The number of hydrogen-bond donors (Lipinski definition) is 0. The number of hydrogen-bond acceptors (Lipinski definition) is 0. The fraction of sp³-hybridized carbons (Fsp3) is 0.286. The van der Waals surface area contributed by atoms with Crippen molar-refractivity contribution in [2.45, 2.75) is 11.5 Å². The van der Waals surface area contributed by atoms with Crippen LogP contribution in [-0.2, 0) is 33.3 Å². The van der Waals surface area contributed by atoms with Crippen LogP contribution in [0.1, 0.15) is 11.1 Å². The SMILES string of the molecule is C[S+]1/C=C\C=C\[S+](C)Cc2ccccc2C1. The Kier molecular flexibility index (Phi) is 4.19. The lowest BCUT2D eigenvalue weighted by Gasteiger charge is -2.07. The number of benzene rings is 1. The monoisotopic (exact) mass is 250 g/mol. The van der Waals surface area contributed by atoms with Crippen LogP contribution in [0, 0.1) is 0 Å². The van der Waals surface area contributed by atoms with Crippen molar-refractivity contribution >= 4 is 21.8 Å². The maximum absolute atomic E-state index is 2.33. The van der Waals surface area contributed by atoms with Gasteiger partial charge >= 0.3 is 0 Å². The van der Waals surface area contributed by atoms with E-state index in [0.29, 0.717) is 21.8 Å². The molecule has 2 atom stereocenters. The minimum Gasteiger partial charge on any atom is -0.0618 e. The molecule has 1 aliphatic rings. The van der Waals surface area contributed by atoms with Crippen molar-refractivity contribution in [1.29, 1.82) is 0 Å². The van der Waals surface area contributed by atoms with Gasteiger partial charge in [-0.1, -0.05) is 24.3 Å². The van der Waals surface area contributed by atoms with Gasteiger partial charge < -0.3 is 0 Å². The van der Waals surface area contributed by atoms with Crippen LogP contribution >= 0.6 is 0 Å². The van der Waals surface area contributed by atoms with Crippen molar-refractivity contribution in [3.05, 3.63) is 58.4 Å². The molecule has 84 valence electrons. The van der Waals surface area contributed by atoms with Crippen molar-refractivity contribution in [2.75, 3.05) is 12.5 Å². The standard InChI is InChI=1S/C14H18S2/c1-15-9-5-6-10-16(2)12-14-8-4-3-7-13(14)11-15/h3-10H,11-12H2,1-2H3/q+2/b9-5-,10-6+. The Balaban J connectivity index is 2.33. The van der Waals surface area contributed by atoms with Crippen molar-refractivity contribution in [1.82, 2.24) is 0 Å². The predicted octanol–water partition coefficient (Wildman–Crippen LogP) is 3.22. The molecule has 2 rings (SSSR count). The fourth-order valence-corrected chi connectivity index (χ4v) is 4.24. The Bertz CT molecular complexity index is 368. The summed E-state index contributed by atoms with van der Waals surface area (Å²) in [6.07, 6.45) is 9.05. The predicted molar refractivity (Wildman–Crippen MR) is 78.7 cm³/mol. The first-order chi connectivity index (χ1) is 7.75. The molecule has 16 heavy (non-hydrogen) atoms. The van der Waals surface area contributed by atoms with Gasteiger partial charge in [0, 0.05) is 32.9 Å². The Morgan fingerprint density at radius 3 is 1.69 bits per heavy atom. The Labute approximate surface area is 104 Å². The molecule has 1 aromatic carbocycles. The Hall–Kier alpha value is -0.600. The highest BCUT2D eigenvalue weighted by Gasteiger charge is 2.17. The second kappa shape index (κ2) is 5.65. The first-order valence-corrected chi connectivity index (χ1v) is 9.13. The molecule has 2 heteroatoms. The van der Waals surface area contributed by atoms with E-state index in [4.69, 9.17) is 0 Å². The van der Waals surface area contributed by atoms with Gasteiger partial charge in [-0.15, -0.1) is 0 Å². The van der Waals surface area contributed by atoms with Crippen molar-refractivity contribution in [2.24, 2.45) is 0 Å². The van der Waals surface area contributed by atoms with E-state index in [1.54, 1.807) is 0 Å². The van der Waals surface area contributed by atoms with Crippen molar-refractivity contribution < 1.29 is 0 Å². The van der Waals surface area contributed by atoms with E-state index in [9.17, 15) is 0 Å². The van der Waals surface area contributed by atoms with Gasteiger partial charge in [-0.05, 0) is 12.2 Å². The van der Waals surface area contributed by atoms with Gasteiger partial charge in [0.15, 0.2) is 0 Å². The number of fused-ring (bicyclic) bond motifs is 1. The van der Waals surface area contributed by atoms with Crippen LogP contribution in [0.2, 0.25) is 0 Å². The van der Waals surface area contributed by atoms with Crippen LogP contribution in [0.3, 0.4) is 0 Å². The molecule has 0 amide bonds. The summed E-state index contributed by atoms with van der Waals surface area (Å²) in [4.78, 5) is 0. The zero-order chi connectivity index (χ0) is 11.4. The minimum atomic E-state index is 0.361. The van der Waals surface area contributed by atoms with Crippen LogP contribution in [-0.4, -0.2) is 12.5 Å². The lowest BCUT2D eigenvalue weighted by molar-refractivity contribution is 1.27. The normalized spacial score (nSPS) is 29.1. The van der Waals surface area contributed by atoms with Gasteiger partial charge in [0.1, 0.15) is 34.8 Å². The highest BCUT2D eigenvalue weighted by molar-refractivity contribution is 7.98. The Morgan fingerprint density at radius 1 is 0.812 bits per heavy atom. The maximum atomic E-state index is 2.33. The van der Waals surface area contributed by atoms with Gasteiger partial charge in [0.05, 0.1) is 0 Å². The van der Waals surface area contributed by atoms with E-state index in [1.165, 1.54) is 22.6 Å². The first kappa shape index (κ1) is 11.9. The average molecular weight is 250 g/mol. The van der Waals surface area contributed by atoms with Crippen LogP contribution in [0.25, 0.3) is 0 Å². The third-order valence-corrected chi connectivity index (χ3v) is 5.39. The summed E-state index contributed by atoms with van der Waals surface area (Å²) >= 11 is 0. The third-order valence-electron chi connectivity index (χ3n) is 2.62. The zero-order valence-electron chi connectivity index (χ0n) is 9.85. The van der Waals surface area contributed by atoms with Crippen LogP contribution in [0.15, 0.2) is 47.2 Å². The van der Waals surface area contributed by atoms with E-state index >= 15 is 0 Å². The summed E-state index contributed by atoms with van der Waals surface area (Å²) in [5, 5.41) is 4.66. The summed E-state index contributed by atoms with van der Waals surface area (Å²) in [6.45, 7) is 0. The van der Waals surface area contributed by atoms with Crippen LogP contribution in [0.5, 0.6) is 0 Å². The molecule has 0 spiro atoms. The number of rotatable bonds is 0. The van der Waals surface area contributed by atoms with Crippen LogP contribution < -0.4 is 0 Å². The zero-order valence-corrected chi connectivity index (χ0v) is 11.5. The molecule has 1 aliphatic heterocycles. The molecule has 0 aliphatic carbocycles. The largest absolute Gasteiger partial charge is 0.138 e. The molecule has 0 aromatic heterocycles. The summed E-state index contributed by atoms with van der Waals surface area (Å²) in [6, 6.07) is 8.90. The second-order valence-electron chi connectivity index (χ2n) is 4.10. The molecule has 0 fully saturated rings. The minimum absolute atomic E-state index is 0.361. The molecule has 1 heterocycles. The van der Waals surface area contributed by atoms with Crippen molar-refractivity contribution in [3.63, 3.8) is 0 Å². The molecule has 0 saturated carbocycles. The van der Waals surface area contributed by atoms with E-state index in [0.717, 1.165) is 0 Å². The molecule has 0 N–H and O–H groups in total. The third kappa shape index (κ3) is 3.19. The number of allylic oxidation sites excluding steroid dienone is 2. The average Bonchev–Trinajstić information content (AvgIpc) is 2.27. The summed E-state index contributed by atoms with van der Waals surface area (Å²) in [5.74, 6) is 2.38. The molecule has 1 aromatic rings. The topological polar surface area (TPSA) is 0 Å². The highest BCUT2D eigenvalue weighted by atomic mass is 32.2. The van der Waals surface area contributed by atoms with Gasteiger partial charge in [-0.25, -0.2) is 0 Å². The smallest absolute Gasteiger partial charge is 0.0618 e. The summed E-state index contributed by atoms with van der Waals surface area (Å²) in [5.41, 5.74) is 3.07. The fourth-order valence-electron chi connectivity index (χ4n) is 1.78. The van der Waals surface area contributed by atoms with E-state index in [1.807, 2.05) is 0 Å². The Morgan fingerprint density at radius 2 is 1.25 bits per heavy atom. The lowest BCUT2D eigenvalue weighted by Crippen LogP contribution is -2.07. The second-order valence-corrected chi connectivity index (χ2v) is 7.98. The quantitative estimate of drug-likeness (QED) is 0.620. The molecular weight excluding hydrogens is 232 g/mol. The molecule has 0 bridgehead atoms. The van der Waals surface area contributed by atoms with E-state index in [2.05, 4.69) is 59.7 Å². The highest BCUT2D eigenvalue weighted by Crippen LogP contribution is 2.18. The summed E-state index contributed by atoms with van der Waals surface area (Å²) in [7, 11) is 0.722. The molecule has 2 unspecified atom stereocenters. The molecule has 0 nitrogen and oxygen atoms in total. The molecule has 0 saturated heterocycles. The van der Waals surface area contributed by atoms with Gasteiger partial charge in [-0.2, -0.15) is 0 Å². The van der Waals surface area contributed by atoms with E-state index < -0.39 is 0 Å². The van der Waals surface area contributed by atoms with Gasteiger partial charge in [0.25, 0.3) is 0 Å².